The first-order valence-corrected chi connectivity index (χ1v) is 7.66. The third kappa shape index (κ3) is 3.76. The number of carbonyl (C=O) groups excluding carboxylic acids is 2. The number of ether oxygens (including phenoxy) is 1. The molecule has 6 nitrogen and oxygen atoms in total. The van der Waals surface area contributed by atoms with Gasteiger partial charge in [-0.3, -0.25) is 14.5 Å². The number of hydrogen-bond acceptors (Lipinski definition) is 4. The first kappa shape index (κ1) is 17.6. The van der Waals surface area contributed by atoms with Crippen LogP contribution in [0.25, 0.3) is 0 Å². The third-order valence-electron chi connectivity index (χ3n) is 4.28. The molecule has 0 radical (unpaired) electrons. The Labute approximate surface area is 142 Å². The highest BCUT2D eigenvalue weighted by atomic mass is 35.5. The predicted octanol–water partition coefficient (Wildman–Crippen LogP) is 1.04. The number of hydrogen-bond donors (Lipinski definition) is 1. The van der Waals surface area contributed by atoms with Gasteiger partial charge in [-0.05, 0) is 32.0 Å². The molecule has 1 saturated heterocycles. The highest BCUT2D eigenvalue weighted by molar-refractivity contribution is 6.02. The van der Waals surface area contributed by atoms with Crippen molar-refractivity contribution in [1.82, 2.24) is 10.2 Å². The van der Waals surface area contributed by atoms with Crippen molar-refractivity contribution in [2.75, 3.05) is 38.2 Å². The van der Waals surface area contributed by atoms with Crippen molar-refractivity contribution in [2.45, 2.75) is 18.9 Å². The van der Waals surface area contributed by atoms with Gasteiger partial charge in [-0.15, -0.1) is 12.4 Å². The van der Waals surface area contributed by atoms with Crippen LogP contribution in [0.4, 0.5) is 5.69 Å². The SMILES string of the molecule is CNC1CCCN(C(=O)CN2C(=O)COc3ccccc32)C1.Cl. The fraction of sp³-hybridized carbons (Fsp3) is 0.500. The monoisotopic (exact) mass is 339 g/mol. The molecule has 0 bridgehead atoms. The Bertz CT molecular complexity index is 581. The van der Waals surface area contributed by atoms with E-state index in [1.807, 2.05) is 36.2 Å². The molecular weight excluding hydrogens is 318 g/mol. The zero-order valence-corrected chi connectivity index (χ0v) is 14.0. The molecular formula is C16H22ClN3O3. The van der Waals surface area contributed by atoms with Gasteiger partial charge in [-0.2, -0.15) is 0 Å². The van der Waals surface area contributed by atoms with Crippen LogP contribution in [-0.4, -0.2) is 56.0 Å². The number of carbonyl (C=O) groups is 2. The van der Waals surface area contributed by atoms with Crippen LogP contribution in [0.2, 0.25) is 0 Å². The second kappa shape index (κ2) is 7.66. The van der Waals surface area contributed by atoms with E-state index in [2.05, 4.69) is 5.32 Å². The minimum Gasteiger partial charge on any atom is -0.482 e. The van der Waals surface area contributed by atoms with Gasteiger partial charge in [0.15, 0.2) is 6.61 Å². The molecule has 126 valence electrons. The molecule has 2 amide bonds. The van der Waals surface area contributed by atoms with E-state index in [4.69, 9.17) is 4.74 Å². The van der Waals surface area contributed by atoms with E-state index in [0.717, 1.165) is 19.4 Å². The number of fused-ring (bicyclic) bond motifs is 1. The standard InChI is InChI=1S/C16H21N3O3.ClH/c1-17-12-5-4-8-18(9-12)15(20)10-19-13-6-2-3-7-14(13)22-11-16(19)21;/h2-3,6-7,12,17H,4-5,8-11H2,1H3;1H. The Morgan fingerprint density at radius 3 is 2.96 bits per heavy atom. The largest absolute Gasteiger partial charge is 0.482 e. The van der Waals surface area contributed by atoms with Crippen molar-refractivity contribution in [3.05, 3.63) is 24.3 Å². The summed E-state index contributed by atoms with van der Waals surface area (Å²) in [5, 5.41) is 3.22. The molecule has 1 fully saturated rings. The molecule has 1 unspecified atom stereocenters. The molecule has 2 aliphatic heterocycles. The fourth-order valence-corrected chi connectivity index (χ4v) is 3.00. The number of likely N-dealkylation sites (N-methyl/N-ethyl adjacent to an activating group) is 1. The summed E-state index contributed by atoms with van der Waals surface area (Å²) in [5.41, 5.74) is 0.675. The maximum Gasteiger partial charge on any atom is 0.265 e. The van der Waals surface area contributed by atoms with Gasteiger partial charge in [0, 0.05) is 19.1 Å². The number of piperidine rings is 1. The van der Waals surface area contributed by atoms with E-state index >= 15 is 0 Å². The van der Waals surface area contributed by atoms with Crippen molar-refractivity contribution < 1.29 is 14.3 Å². The Morgan fingerprint density at radius 1 is 1.39 bits per heavy atom. The summed E-state index contributed by atoms with van der Waals surface area (Å²) in [7, 11) is 1.92. The van der Waals surface area contributed by atoms with Crippen LogP contribution in [0.15, 0.2) is 24.3 Å². The number of likely N-dealkylation sites (tertiary alicyclic amines) is 1. The fourth-order valence-electron chi connectivity index (χ4n) is 3.00. The van der Waals surface area contributed by atoms with Crippen molar-refractivity contribution in [3.8, 4) is 5.75 Å². The van der Waals surface area contributed by atoms with E-state index < -0.39 is 0 Å². The van der Waals surface area contributed by atoms with E-state index in [1.54, 1.807) is 0 Å². The third-order valence-corrected chi connectivity index (χ3v) is 4.28. The molecule has 0 aromatic heterocycles. The lowest BCUT2D eigenvalue weighted by Gasteiger charge is -2.35. The molecule has 23 heavy (non-hydrogen) atoms. The highest BCUT2D eigenvalue weighted by Crippen LogP contribution is 2.31. The van der Waals surface area contributed by atoms with Crippen LogP contribution in [0.5, 0.6) is 5.75 Å². The van der Waals surface area contributed by atoms with Gasteiger partial charge in [0.05, 0.1) is 5.69 Å². The number of nitrogens with zero attached hydrogens (tertiary/aromatic N) is 2. The summed E-state index contributed by atoms with van der Waals surface area (Å²) in [4.78, 5) is 28.0. The predicted molar refractivity (Wildman–Crippen MR) is 90.2 cm³/mol. The van der Waals surface area contributed by atoms with E-state index in [-0.39, 0.29) is 37.4 Å². The number of halogens is 1. The average molecular weight is 340 g/mol. The molecule has 0 spiro atoms. The lowest BCUT2D eigenvalue weighted by Crippen LogP contribution is -2.51. The molecule has 1 aromatic carbocycles. The van der Waals surface area contributed by atoms with Crippen molar-refractivity contribution >= 4 is 29.9 Å². The molecule has 2 aliphatic rings. The number of amides is 2. The lowest BCUT2D eigenvalue weighted by atomic mass is 10.1. The second-order valence-electron chi connectivity index (χ2n) is 5.70. The quantitative estimate of drug-likeness (QED) is 0.894. The molecule has 1 aromatic rings. The molecule has 3 rings (SSSR count). The molecule has 0 aliphatic carbocycles. The number of rotatable bonds is 3. The van der Waals surface area contributed by atoms with Gasteiger partial charge in [-0.1, -0.05) is 12.1 Å². The maximum absolute atomic E-state index is 12.5. The Hall–Kier alpha value is -1.79. The zero-order chi connectivity index (χ0) is 15.5. The molecule has 2 heterocycles. The first-order chi connectivity index (χ1) is 10.7. The summed E-state index contributed by atoms with van der Waals surface area (Å²) in [5.74, 6) is 0.473. The minimum atomic E-state index is -0.172. The van der Waals surface area contributed by atoms with Crippen LogP contribution < -0.4 is 15.0 Å². The normalized spacial score (nSPS) is 20.4. The summed E-state index contributed by atoms with van der Waals surface area (Å²) in [6.07, 6.45) is 2.07. The Morgan fingerprint density at radius 2 is 2.17 bits per heavy atom. The van der Waals surface area contributed by atoms with Crippen molar-refractivity contribution in [1.29, 1.82) is 0 Å². The Kier molecular flexibility index (Phi) is 5.85. The number of anilines is 1. The van der Waals surface area contributed by atoms with E-state index in [0.29, 0.717) is 24.0 Å². The van der Waals surface area contributed by atoms with Crippen LogP contribution in [0.3, 0.4) is 0 Å². The van der Waals surface area contributed by atoms with Gasteiger partial charge < -0.3 is 15.0 Å². The average Bonchev–Trinajstić information content (AvgIpc) is 2.57. The summed E-state index contributed by atoms with van der Waals surface area (Å²) < 4.78 is 5.40. The van der Waals surface area contributed by atoms with Crippen LogP contribution >= 0.6 is 12.4 Å². The number of nitrogens with one attached hydrogen (secondary N) is 1. The van der Waals surface area contributed by atoms with Crippen molar-refractivity contribution in [2.24, 2.45) is 0 Å². The summed E-state index contributed by atoms with van der Waals surface area (Å²) >= 11 is 0. The zero-order valence-electron chi connectivity index (χ0n) is 13.2. The van der Waals surface area contributed by atoms with Gasteiger partial charge in [0.25, 0.3) is 5.91 Å². The minimum absolute atomic E-state index is 0. The van der Waals surface area contributed by atoms with E-state index in [9.17, 15) is 9.59 Å². The van der Waals surface area contributed by atoms with Crippen LogP contribution in [0, 0.1) is 0 Å². The topological polar surface area (TPSA) is 61.9 Å². The van der Waals surface area contributed by atoms with Gasteiger partial charge in [0.2, 0.25) is 5.91 Å². The second-order valence-corrected chi connectivity index (χ2v) is 5.70. The first-order valence-electron chi connectivity index (χ1n) is 7.66. The summed E-state index contributed by atoms with van der Waals surface area (Å²) in [6.45, 7) is 1.53. The highest BCUT2D eigenvalue weighted by Gasteiger charge is 2.30. The molecule has 1 N–H and O–H groups in total. The van der Waals surface area contributed by atoms with Gasteiger partial charge in [-0.25, -0.2) is 0 Å². The molecule has 7 heteroatoms. The Balaban J connectivity index is 0.00000192. The molecule has 1 atom stereocenters. The van der Waals surface area contributed by atoms with Crippen LogP contribution in [0.1, 0.15) is 12.8 Å². The van der Waals surface area contributed by atoms with Crippen molar-refractivity contribution in [3.63, 3.8) is 0 Å². The van der Waals surface area contributed by atoms with Gasteiger partial charge in [0.1, 0.15) is 12.3 Å². The van der Waals surface area contributed by atoms with Gasteiger partial charge >= 0.3 is 0 Å². The maximum atomic E-state index is 12.5. The lowest BCUT2D eigenvalue weighted by molar-refractivity contribution is -0.133. The van der Waals surface area contributed by atoms with Crippen LogP contribution in [-0.2, 0) is 9.59 Å². The van der Waals surface area contributed by atoms with E-state index in [1.165, 1.54) is 4.90 Å². The number of para-hydroxylation sites is 2. The summed E-state index contributed by atoms with van der Waals surface area (Å²) in [6, 6.07) is 7.67. The smallest absolute Gasteiger partial charge is 0.265 e. The number of benzene rings is 1. The molecule has 0 saturated carbocycles.